The molecule has 0 bridgehead atoms. The summed E-state index contributed by atoms with van der Waals surface area (Å²) < 4.78 is 5.07. The zero-order valence-electron chi connectivity index (χ0n) is 12.2. The van der Waals surface area contributed by atoms with Gasteiger partial charge in [-0.3, -0.25) is 19.7 Å². The average molecular weight is 312 g/mol. The molecule has 23 heavy (non-hydrogen) atoms. The SMILES string of the molecule is COc1ccc(CN2C(=O)C(=O)c3cc([N+](=O)[O-])ccc32)cc1. The fourth-order valence-electron chi connectivity index (χ4n) is 2.47. The lowest BCUT2D eigenvalue weighted by Gasteiger charge is -2.16. The zero-order valence-corrected chi connectivity index (χ0v) is 12.2. The van der Waals surface area contributed by atoms with Crippen LogP contribution in [0.2, 0.25) is 0 Å². The summed E-state index contributed by atoms with van der Waals surface area (Å²) in [5.41, 5.74) is 1.06. The van der Waals surface area contributed by atoms with Crippen LogP contribution < -0.4 is 9.64 Å². The molecule has 3 rings (SSSR count). The van der Waals surface area contributed by atoms with Crippen molar-refractivity contribution >= 4 is 23.1 Å². The van der Waals surface area contributed by atoms with Crippen LogP contribution in [0.25, 0.3) is 0 Å². The number of rotatable bonds is 4. The summed E-state index contributed by atoms with van der Waals surface area (Å²) >= 11 is 0. The number of methoxy groups -OCH3 is 1. The highest BCUT2D eigenvalue weighted by molar-refractivity contribution is 6.52. The molecular weight excluding hydrogens is 300 g/mol. The Balaban J connectivity index is 1.93. The van der Waals surface area contributed by atoms with E-state index in [4.69, 9.17) is 4.74 Å². The number of fused-ring (bicyclic) bond motifs is 1. The topological polar surface area (TPSA) is 89.8 Å². The van der Waals surface area contributed by atoms with Crippen LogP contribution in [0.15, 0.2) is 42.5 Å². The minimum atomic E-state index is -0.725. The Bertz CT molecular complexity index is 814. The lowest BCUT2D eigenvalue weighted by Crippen LogP contribution is -2.29. The van der Waals surface area contributed by atoms with Crippen LogP contribution in [0, 0.1) is 10.1 Å². The smallest absolute Gasteiger partial charge is 0.299 e. The van der Waals surface area contributed by atoms with Gasteiger partial charge in [-0.15, -0.1) is 0 Å². The summed E-state index contributed by atoms with van der Waals surface area (Å²) in [6, 6.07) is 11.0. The third kappa shape index (κ3) is 2.52. The number of amides is 1. The first-order valence-electron chi connectivity index (χ1n) is 6.79. The number of benzene rings is 2. The Hall–Kier alpha value is -3.22. The fourth-order valence-corrected chi connectivity index (χ4v) is 2.47. The molecule has 1 amide bonds. The molecular formula is C16H12N2O5. The van der Waals surface area contributed by atoms with Crippen molar-refractivity contribution in [3.8, 4) is 5.75 Å². The van der Waals surface area contributed by atoms with Crippen LogP contribution in [-0.2, 0) is 11.3 Å². The van der Waals surface area contributed by atoms with Gasteiger partial charge in [-0.2, -0.15) is 0 Å². The molecule has 0 atom stereocenters. The molecule has 0 saturated heterocycles. The first-order chi connectivity index (χ1) is 11.0. The van der Waals surface area contributed by atoms with Crippen molar-refractivity contribution in [1.82, 2.24) is 0 Å². The van der Waals surface area contributed by atoms with Gasteiger partial charge in [0.2, 0.25) is 0 Å². The first kappa shape index (κ1) is 14.7. The van der Waals surface area contributed by atoms with E-state index in [1.54, 1.807) is 31.4 Å². The number of nitro groups is 1. The number of hydrogen-bond donors (Lipinski definition) is 0. The zero-order chi connectivity index (χ0) is 16.6. The van der Waals surface area contributed by atoms with Gasteiger partial charge in [0, 0.05) is 12.1 Å². The number of carbonyl (C=O) groups excluding carboxylic acids is 2. The molecule has 2 aromatic rings. The predicted molar refractivity (Wildman–Crippen MR) is 81.6 cm³/mol. The van der Waals surface area contributed by atoms with Gasteiger partial charge in [0.1, 0.15) is 5.75 Å². The molecule has 0 N–H and O–H groups in total. The number of ether oxygens (including phenoxy) is 1. The number of Topliss-reactive ketones (excluding diaryl/α,β-unsaturated/α-hetero) is 1. The van der Waals surface area contributed by atoms with E-state index in [1.807, 2.05) is 0 Å². The fraction of sp³-hybridized carbons (Fsp3) is 0.125. The second-order valence-corrected chi connectivity index (χ2v) is 5.03. The number of hydrogen-bond acceptors (Lipinski definition) is 5. The van der Waals surface area contributed by atoms with Crippen molar-refractivity contribution in [1.29, 1.82) is 0 Å². The maximum atomic E-state index is 12.2. The van der Waals surface area contributed by atoms with Gasteiger partial charge in [0.05, 0.1) is 29.8 Å². The van der Waals surface area contributed by atoms with Gasteiger partial charge in [-0.05, 0) is 23.8 Å². The maximum Gasteiger partial charge on any atom is 0.299 e. The molecule has 0 unspecified atom stereocenters. The number of nitrogens with zero attached hydrogens (tertiary/aromatic N) is 2. The molecule has 7 heteroatoms. The largest absolute Gasteiger partial charge is 0.497 e. The average Bonchev–Trinajstić information content (AvgIpc) is 2.80. The van der Waals surface area contributed by atoms with Gasteiger partial charge in [0.25, 0.3) is 17.4 Å². The van der Waals surface area contributed by atoms with Crippen LogP contribution in [-0.4, -0.2) is 23.7 Å². The maximum absolute atomic E-state index is 12.2. The molecule has 0 spiro atoms. The van der Waals surface area contributed by atoms with Gasteiger partial charge in [0.15, 0.2) is 0 Å². The lowest BCUT2D eigenvalue weighted by molar-refractivity contribution is -0.384. The molecule has 1 heterocycles. The third-order valence-electron chi connectivity index (χ3n) is 3.67. The molecule has 7 nitrogen and oxygen atoms in total. The Morgan fingerprint density at radius 2 is 1.83 bits per heavy atom. The molecule has 0 aromatic heterocycles. The van der Waals surface area contributed by atoms with Crippen molar-refractivity contribution < 1.29 is 19.2 Å². The molecule has 0 aliphatic carbocycles. The first-order valence-corrected chi connectivity index (χ1v) is 6.79. The Kier molecular flexibility index (Phi) is 3.53. The minimum Gasteiger partial charge on any atom is -0.497 e. The highest BCUT2D eigenvalue weighted by Crippen LogP contribution is 2.33. The molecule has 0 fully saturated rings. The Labute approximate surface area is 131 Å². The van der Waals surface area contributed by atoms with Crippen molar-refractivity contribution in [3.05, 3.63) is 63.7 Å². The Morgan fingerprint density at radius 1 is 1.13 bits per heavy atom. The number of nitro benzene ring substituents is 1. The summed E-state index contributed by atoms with van der Waals surface area (Å²) in [6.45, 7) is 0.208. The second-order valence-electron chi connectivity index (χ2n) is 5.03. The van der Waals surface area contributed by atoms with Crippen LogP contribution in [0.1, 0.15) is 15.9 Å². The molecule has 2 aromatic carbocycles. The van der Waals surface area contributed by atoms with Gasteiger partial charge in [-0.1, -0.05) is 12.1 Å². The monoisotopic (exact) mass is 312 g/mol. The van der Waals surface area contributed by atoms with Crippen LogP contribution in [0.4, 0.5) is 11.4 Å². The van der Waals surface area contributed by atoms with Gasteiger partial charge >= 0.3 is 0 Å². The van der Waals surface area contributed by atoms with Gasteiger partial charge in [-0.25, -0.2) is 0 Å². The van der Waals surface area contributed by atoms with Crippen LogP contribution >= 0.6 is 0 Å². The van der Waals surface area contributed by atoms with E-state index in [2.05, 4.69) is 0 Å². The van der Waals surface area contributed by atoms with E-state index < -0.39 is 16.6 Å². The van der Waals surface area contributed by atoms with E-state index in [1.165, 1.54) is 17.0 Å². The van der Waals surface area contributed by atoms with Crippen LogP contribution in [0.5, 0.6) is 5.75 Å². The summed E-state index contributed by atoms with van der Waals surface area (Å²) in [5.74, 6) is -0.720. The minimum absolute atomic E-state index is 0.0673. The quantitative estimate of drug-likeness (QED) is 0.491. The highest BCUT2D eigenvalue weighted by Gasteiger charge is 2.36. The molecule has 0 radical (unpaired) electrons. The number of carbonyl (C=O) groups is 2. The van der Waals surface area contributed by atoms with Crippen molar-refractivity contribution in [2.75, 3.05) is 12.0 Å². The summed E-state index contributed by atoms with van der Waals surface area (Å²) in [5, 5.41) is 10.8. The highest BCUT2D eigenvalue weighted by atomic mass is 16.6. The normalized spacial score (nSPS) is 13.2. The predicted octanol–water partition coefficient (Wildman–Crippen LogP) is 2.33. The van der Waals surface area contributed by atoms with Crippen molar-refractivity contribution in [3.63, 3.8) is 0 Å². The summed E-state index contributed by atoms with van der Waals surface area (Å²) in [6.07, 6.45) is 0. The van der Waals surface area contributed by atoms with Crippen LogP contribution in [0.3, 0.4) is 0 Å². The van der Waals surface area contributed by atoms with E-state index in [9.17, 15) is 19.7 Å². The van der Waals surface area contributed by atoms with Gasteiger partial charge < -0.3 is 9.64 Å². The van der Waals surface area contributed by atoms with Crippen molar-refractivity contribution in [2.24, 2.45) is 0 Å². The molecule has 0 saturated carbocycles. The van der Waals surface area contributed by atoms with E-state index in [-0.39, 0.29) is 17.8 Å². The molecule has 1 aliphatic heterocycles. The van der Waals surface area contributed by atoms with E-state index >= 15 is 0 Å². The number of ketones is 1. The summed E-state index contributed by atoms with van der Waals surface area (Å²) in [4.78, 5) is 35.7. The second kappa shape index (κ2) is 5.53. The lowest BCUT2D eigenvalue weighted by atomic mass is 10.1. The molecule has 116 valence electrons. The number of non-ortho nitro benzene ring substituents is 1. The van der Waals surface area contributed by atoms with Crippen molar-refractivity contribution in [2.45, 2.75) is 6.54 Å². The third-order valence-corrected chi connectivity index (χ3v) is 3.67. The molecule has 1 aliphatic rings. The number of anilines is 1. The summed E-state index contributed by atoms with van der Waals surface area (Å²) in [7, 11) is 1.56. The van der Waals surface area contributed by atoms with E-state index in [0.29, 0.717) is 11.4 Å². The Morgan fingerprint density at radius 3 is 2.43 bits per heavy atom. The van der Waals surface area contributed by atoms with E-state index in [0.717, 1.165) is 11.6 Å². The standard InChI is InChI=1S/C16H12N2O5/c1-23-12-5-2-10(3-6-12)9-17-14-7-4-11(18(21)22)8-13(14)15(19)16(17)20/h2-8H,9H2,1H3.